The van der Waals surface area contributed by atoms with Crippen LogP contribution in [0.1, 0.15) is 58.1 Å². The average molecular weight is 447 g/mol. The van der Waals surface area contributed by atoms with E-state index in [4.69, 9.17) is 11.0 Å². The second kappa shape index (κ2) is 7.38. The minimum Gasteiger partial charge on any atom is -0.414 e. The van der Waals surface area contributed by atoms with E-state index in [1.165, 1.54) is 24.8 Å². The predicted molar refractivity (Wildman–Crippen MR) is 120 cm³/mol. The summed E-state index contributed by atoms with van der Waals surface area (Å²) in [6.07, 6.45) is 7.20. The molecule has 1 aliphatic carbocycles. The van der Waals surface area contributed by atoms with Gasteiger partial charge in [-0.3, -0.25) is 0 Å². The number of benzene rings is 1. The Balaban J connectivity index is 1.89. The fraction of sp³-hybridized carbons (Fsp3) is 0.591. The summed E-state index contributed by atoms with van der Waals surface area (Å²) >= 11 is 3.71. The van der Waals surface area contributed by atoms with E-state index in [2.05, 4.69) is 71.5 Å². The van der Waals surface area contributed by atoms with Gasteiger partial charge in [-0.25, -0.2) is 4.85 Å². The average Bonchev–Trinajstić information content (AvgIpc) is 2.89. The van der Waals surface area contributed by atoms with Gasteiger partial charge < -0.3 is 8.99 Å². The van der Waals surface area contributed by atoms with Crippen molar-refractivity contribution in [3.63, 3.8) is 0 Å². The van der Waals surface area contributed by atoms with E-state index < -0.39 is 8.32 Å². The third-order valence-corrected chi connectivity index (χ3v) is 11.6. The molecule has 1 aromatic carbocycles. The van der Waals surface area contributed by atoms with Crippen molar-refractivity contribution in [2.24, 2.45) is 0 Å². The van der Waals surface area contributed by atoms with E-state index >= 15 is 0 Å². The summed E-state index contributed by atoms with van der Waals surface area (Å²) in [6.45, 7) is 21.1. The normalized spacial score (nSPS) is 21.4. The summed E-state index contributed by atoms with van der Waals surface area (Å²) in [4.78, 5) is 3.66. The summed E-state index contributed by atoms with van der Waals surface area (Å²) in [7, 11) is -1.74. The molecule has 5 heteroatoms. The maximum Gasteiger partial charge on any atom is 0.192 e. The first-order valence-corrected chi connectivity index (χ1v) is 13.6. The number of aromatic nitrogens is 1. The van der Waals surface area contributed by atoms with Crippen LogP contribution in [-0.4, -0.2) is 19.0 Å². The lowest BCUT2D eigenvalue weighted by atomic mass is 9.92. The Morgan fingerprint density at radius 3 is 2.59 bits per heavy atom. The summed E-state index contributed by atoms with van der Waals surface area (Å²) in [5.74, 6) is 0. The van der Waals surface area contributed by atoms with E-state index in [0.717, 1.165) is 27.5 Å². The Morgan fingerprint density at radius 1 is 1.26 bits per heavy atom. The molecule has 2 atom stereocenters. The Hall–Kier alpha value is -1.09. The quantitative estimate of drug-likeness (QED) is 0.347. The first kappa shape index (κ1) is 20.6. The van der Waals surface area contributed by atoms with Crippen LogP contribution in [0.2, 0.25) is 18.1 Å². The van der Waals surface area contributed by atoms with Gasteiger partial charge in [0.1, 0.15) is 0 Å². The van der Waals surface area contributed by atoms with Gasteiger partial charge in [0, 0.05) is 33.7 Å². The van der Waals surface area contributed by atoms with Gasteiger partial charge in [0.15, 0.2) is 14.0 Å². The van der Waals surface area contributed by atoms with Crippen molar-refractivity contribution in [2.75, 3.05) is 0 Å². The summed E-state index contributed by atoms with van der Waals surface area (Å²) in [5, 5.41) is 1.38. The molecule has 0 bridgehead atoms. The Kier molecular flexibility index (Phi) is 5.64. The first-order chi connectivity index (χ1) is 12.5. The molecule has 2 aromatic rings. The van der Waals surface area contributed by atoms with Crippen LogP contribution in [0, 0.1) is 13.5 Å². The van der Waals surface area contributed by atoms with Gasteiger partial charge in [0.25, 0.3) is 0 Å². The molecule has 1 saturated carbocycles. The molecule has 0 spiro atoms. The van der Waals surface area contributed by atoms with Crippen molar-refractivity contribution in [3.05, 3.63) is 39.8 Å². The van der Waals surface area contributed by atoms with Crippen molar-refractivity contribution in [2.45, 2.75) is 83.7 Å². The van der Waals surface area contributed by atoms with Gasteiger partial charge in [-0.1, -0.05) is 20.8 Å². The van der Waals surface area contributed by atoms with Crippen molar-refractivity contribution in [1.29, 1.82) is 0 Å². The van der Waals surface area contributed by atoms with E-state index in [0.29, 0.717) is 12.1 Å². The molecule has 0 N–H and O–H groups in total. The van der Waals surface area contributed by atoms with Gasteiger partial charge in [-0.2, -0.15) is 0 Å². The van der Waals surface area contributed by atoms with Crippen LogP contribution in [-0.2, 0) is 4.43 Å². The lowest BCUT2D eigenvalue weighted by molar-refractivity contribution is 0.113. The summed E-state index contributed by atoms with van der Waals surface area (Å²) in [6, 6.07) is 4.65. The van der Waals surface area contributed by atoms with Gasteiger partial charge in [-0.15, -0.1) is 0 Å². The molecule has 1 fully saturated rings. The zero-order valence-electron chi connectivity index (χ0n) is 17.4. The van der Waals surface area contributed by atoms with Crippen molar-refractivity contribution < 1.29 is 4.43 Å². The highest BCUT2D eigenvalue weighted by Crippen LogP contribution is 2.42. The molecule has 1 heterocycles. The monoisotopic (exact) mass is 446 g/mol. The fourth-order valence-electron chi connectivity index (χ4n) is 3.84. The molecule has 3 rings (SSSR count). The molecule has 146 valence electrons. The molecule has 0 saturated heterocycles. The summed E-state index contributed by atoms with van der Waals surface area (Å²) < 4.78 is 10.2. The Bertz CT molecular complexity index is 888. The lowest BCUT2D eigenvalue weighted by Crippen LogP contribution is -2.45. The van der Waals surface area contributed by atoms with Crippen LogP contribution in [0.25, 0.3) is 15.7 Å². The molecule has 1 aromatic heterocycles. The Labute approximate surface area is 173 Å². The van der Waals surface area contributed by atoms with E-state index in [9.17, 15) is 0 Å². The molecular formula is C22H31BrN2OSi. The van der Waals surface area contributed by atoms with Crippen molar-refractivity contribution >= 4 is 40.8 Å². The zero-order valence-corrected chi connectivity index (χ0v) is 20.0. The molecule has 0 radical (unpaired) electrons. The van der Waals surface area contributed by atoms with Crippen LogP contribution in [0.3, 0.4) is 0 Å². The highest BCUT2D eigenvalue weighted by molar-refractivity contribution is 9.10. The third kappa shape index (κ3) is 4.04. The number of hydrogen-bond acceptors (Lipinski definition) is 1. The minimum atomic E-state index is -1.74. The van der Waals surface area contributed by atoms with Crippen LogP contribution in [0.15, 0.2) is 22.8 Å². The van der Waals surface area contributed by atoms with Gasteiger partial charge in [0.2, 0.25) is 0 Å². The third-order valence-electron chi connectivity index (χ3n) is 6.48. The van der Waals surface area contributed by atoms with Gasteiger partial charge >= 0.3 is 0 Å². The zero-order chi connectivity index (χ0) is 20.0. The molecular weight excluding hydrogens is 416 g/mol. The first-order valence-electron chi connectivity index (χ1n) is 9.89. The van der Waals surface area contributed by atoms with Crippen molar-refractivity contribution in [3.8, 4) is 0 Å². The number of halogens is 1. The van der Waals surface area contributed by atoms with Crippen LogP contribution >= 0.6 is 15.9 Å². The number of aryl methyl sites for hydroxylation is 1. The van der Waals surface area contributed by atoms with Crippen LogP contribution < -0.4 is 0 Å². The predicted octanol–water partition coefficient (Wildman–Crippen LogP) is 7.77. The summed E-state index contributed by atoms with van der Waals surface area (Å²) in [5.41, 5.74) is 3.02. The second-order valence-corrected chi connectivity index (χ2v) is 15.1. The topological polar surface area (TPSA) is 18.5 Å². The number of hydrogen-bond donors (Lipinski definition) is 0. The molecule has 0 aliphatic heterocycles. The van der Waals surface area contributed by atoms with E-state index in [-0.39, 0.29) is 5.04 Å². The molecule has 3 nitrogen and oxygen atoms in total. The van der Waals surface area contributed by atoms with Gasteiger partial charge in [-0.05, 0) is 84.4 Å². The standard InChI is InChI=1S/C22H31BrN2OSi/c1-15-11-21-18(13-20(15)24-5)19(23)14-25(21)16-9-8-10-17(12-16)26-27(6,7)22(2,3)4/h11,13-14,16-17H,8-10,12H2,1-4,6-7H3/t16-,17+/m1/s1. The number of rotatable bonds is 3. The maximum absolute atomic E-state index is 7.38. The largest absolute Gasteiger partial charge is 0.414 e. The highest BCUT2D eigenvalue weighted by atomic mass is 79.9. The minimum absolute atomic E-state index is 0.246. The second-order valence-electron chi connectivity index (χ2n) is 9.47. The number of fused-ring (bicyclic) bond motifs is 1. The highest BCUT2D eigenvalue weighted by Gasteiger charge is 2.40. The SMILES string of the molecule is [C-]#[N+]c1cc2c(Br)cn([C@@H]3CCC[C@H](O[Si](C)(C)C(C)(C)C)C3)c2cc1C. The molecule has 0 amide bonds. The van der Waals surface area contributed by atoms with Crippen molar-refractivity contribution in [1.82, 2.24) is 4.57 Å². The van der Waals surface area contributed by atoms with Gasteiger partial charge in [0.05, 0.1) is 6.57 Å². The molecule has 1 aliphatic rings. The van der Waals surface area contributed by atoms with Crippen LogP contribution in [0.4, 0.5) is 5.69 Å². The van der Waals surface area contributed by atoms with E-state index in [1.807, 2.05) is 13.0 Å². The maximum atomic E-state index is 7.38. The molecule has 0 unspecified atom stereocenters. The van der Waals surface area contributed by atoms with E-state index in [1.54, 1.807) is 0 Å². The number of nitrogens with zero attached hydrogens (tertiary/aromatic N) is 2. The lowest BCUT2D eigenvalue weighted by Gasteiger charge is -2.42. The fourth-order valence-corrected chi connectivity index (χ4v) is 5.78. The van der Waals surface area contributed by atoms with Crippen LogP contribution in [0.5, 0.6) is 0 Å². The smallest absolute Gasteiger partial charge is 0.192 e. The molecule has 27 heavy (non-hydrogen) atoms. The Morgan fingerprint density at radius 2 is 1.96 bits per heavy atom.